The van der Waals surface area contributed by atoms with Crippen LogP contribution in [-0.4, -0.2) is 38.1 Å². The Morgan fingerprint density at radius 2 is 1.85 bits per heavy atom. The van der Waals surface area contributed by atoms with Gasteiger partial charge in [-0.1, -0.05) is 36.4 Å². The number of esters is 1. The number of benzene rings is 2. The number of carbonyl (C=O) groups is 2. The molecule has 1 atom stereocenters. The molecule has 1 amide bonds. The van der Waals surface area contributed by atoms with Crippen LogP contribution in [0.15, 0.2) is 54.6 Å². The van der Waals surface area contributed by atoms with Crippen LogP contribution in [0.5, 0.6) is 0 Å². The zero-order chi connectivity index (χ0) is 18.4. The van der Waals surface area contributed by atoms with Gasteiger partial charge in [0.15, 0.2) is 0 Å². The molecule has 1 fully saturated rings. The number of hydrogen-bond acceptors (Lipinski definition) is 4. The van der Waals surface area contributed by atoms with Crippen LogP contribution in [0.3, 0.4) is 0 Å². The molecule has 136 valence electrons. The van der Waals surface area contributed by atoms with Gasteiger partial charge in [-0.15, -0.1) is 0 Å². The lowest BCUT2D eigenvalue weighted by Gasteiger charge is -2.18. The summed E-state index contributed by atoms with van der Waals surface area (Å²) in [6, 6.07) is 17.5. The average molecular weight is 352 g/mol. The largest absolute Gasteiger partial charge is 0.464 e. The van der Waals surface area contributed by atoms with Crippen molar-refractivity contribution >= 4 is 17.6 Å². The van der Waals surface area contributed by atoms with E-state index in [4.69, 9.17) is 4.74 Å². The predicted octanol–water partition coefficient (Wildman–Crippen LogP) is 2.79. The molecule has 26 heavy (non-hydrogen) atoms. The van der Waals surface area contributed by atoms with Crippen LogP contribution >= 0.6 is 0 Å². The first kappa shape index (κ1) is 18.0. The van der Waals surface area contributed by atoms with Gasteiger partial charge in [0.05, 0.1) is 6.61 Å². The molecule has 1 heterocycles. The fourth-order valence-electron chi connectivity index (χ4n) is 3.18. The van der Waals surface area contributed by atoms with Crippen molar-refractivity contribution in [2.75, 3.05) is 31.1 Å². The number of ether oxygens (including phenoxy) is 1. The van der Waals surface area contributed by atoms with Crippen molar-refractivity contribution in [3.63, 3.8) is 0 Å². The van der Waals surface area contributed by atoms with Gasteiger partial charge in [0.2, 0.25) is 0 Å². The maximum Gasteiger partial charge on any atom is 0.325 e. The van der Waals surface area contributed by atoms with E-state index < -0.39 is 5.97 Å². The van der Waals surface area contributed by atoms with Crippen molar-refractivity contribution in [2.45, 2.75) is 13.3 Å². The van der Waals surface area contributed by atoms with Crippen LogP contribution in [0.4, 0.5) is 5.69 Å². The van der Waals surface area contributed by atoms with E-state index in [1.54, 1.807) is 12.1 Å². The number of carbonyl (C=O) groups excluding carboxylic acids is 2. The minimum atomic E-state index is -0.398. The highest BCUT2D eigenvalue weighted by Gasteiger charge is 2.24. The molecule has 1 saturated heterocycles. The van der Waals surface area contributed by atoms with E-state index in [0.717, 1.165) is 25.1 Å². The lowest BCUT2D eigenvalue weighted by Crippen LogP contribution is -2.32. The molecule has 5 heteroatoms. The highest BCUT2D eigenvalue weighted by atomic mass is 16.5. The monoisotopic (exact) mass is 352 g/mol. The minimum absolute atomic E-state index is 0.109. The third kappa shape index (κ3) is 4.63. The molecule has 1 aliphatic heterocycles. The molecular weight excluding hydrogens is 328 g/mol. The predicted molar refractivity (Wildman–Crippen MR) is 101 cm³/mol. The molecular formula is C21H24N2O3. The quantitative estimate of drug-likeness (QED) is 0.812. The molecule has 1 aliphatic rings. The number of rotatable bonds is 6. The lowest BCUT2D eigenvalue weighted by atomic mass is 10.1. The molecule has 0 radical (unpaired) electrons. The van der Waals surface area contributed by atoms with Crippen molar-refractivity contribution in [1.82, 2.24) is 5.32 Å². The van der Waals surface area contributed by atoms with Crippen LogP contribution < -0.4 is 10.2 Å². The summed E-state index contributed by atoms with van der Waals surface area (Å²) in [7, 11) is 0. The number of aryl methyl sites for hydroxylation is 1. The topological polar surface area (TPSA) is 58.6 Å². The Bertz CT molecular complexity index is 761. The first-order valence-electron chi connectivity index (χ1n) is 8.93. The third-order valence-electron chi connectivity index (χ3n) is 4.67. The van der Waals surface area contributed by atoms with Crippen molar-refractivity contribution in [1.29, 1.82) is 0 Å². The highest BCUT2D eigenvalue weighted by molar-refractivity contribution is 5.97. The summed E-state index contributed by atoms with van der Waals surface area (Å²) in [5, 5.41) is 2.63. The fourth-order valence-corrected chi connectivity index (χ4v) is 3.18. The summed E-state index contributed by atoms with van der Waals surface area (Å²) >= 11 is 0. The molecule has 0 aliphatic carbocycles. The molecule has 0 spiro atoms. The second-order valence-electron chi connectivity index (χ2n) is 6.62. The van der Waals surface area contributed by atoms with E-state index in [9.17, 15) is 9.59 Å². The van der Waals surface area contributed by atoms with E-state index >= 15 is 0 Å². The van der Waals surface area contributed by atoms with Crippen LogP contribution in [0.2, 0.25) is 0 Å². The third-order valence-corrected chi connectivity index (χ3v) is 4.67. The zero-order valence-corrected chi connectivity index (χ0v) is 15.0. The van der Waals surface area contributed by atoms with Crippen LogP contribution in [-0.2, 0) is 9.53 Å². The molecule has 5 nitrogen and oxygen atoms in total. The number of nitrogens with zero attached hydrogens (tertiary/aromatic N) is 1. The molecule has 2 aromatic rings. The number of nitrogens with one attached hydrogen (secondary N) is 1. The van der Waals surface area contributed by atoms with Gasteiger partial charge in [-0.3, -0.25) is 9.59 Å². The Labute approximate surface area is 154 Å². The van der Waals surface area contributed by atoms with E-state index in [1.807, 2.05) is 37.3 Å². The first-order valence-corrected chi connectivity index (χ1v) is 8.93. The summed E-state index contributed by atoms with van der Waals surface area (Å²) in [5.74, 6) is -0.326. The number of hydrogen-bond donors (Lipinski definition) is 1. The molecule has 0 saturated carbocycles. The standard InChI is InChI=1S/C21H24N2O3/c1-16-7-5-6-10-19(16)21(25)22-13-20(24)26-15-17-11-12-23(14-17)18-8-3-2-4-9-18/h2-10,17H,11-15H2,1H3,(H,22,25)/t17-/m0/s1. The van der Waals surface area contributed by atoms with Crippen molar-refractivity contribution in [2.24, 2.45) is 5.92 Å². The molecule has 1 N–H and O–H groups in total. The molecule has 3 rings (SSSR count). The van der Waals surface area contributed by atoms with Gasteiger partial charge < -0.3 is 15.0 Å². The lowest BCUT2D eigenvalue weighted by molar-refractivity contribution is -0.143. The SMILES string of the molecule is Cc1ccccc1C(=O)NCC(=O)OC[C@H]1CCN(c2ccccc2)C1. The van der Waals surface area contributed by atoms with E-state index in [0.29, 0.717) is 18.1 Å². The summed E-state index contributed by atoms with van der Waals surface area (Å²) in [4.78, 5) is 26.3. The summed E-state index contributed by atoms with van der Waals surface area (Å²) in [5.41, 5.74) is 2.66. The minimum Gasteiger partial charge on any atom is -0.464 e. The summed E-state index contributed by atoms with van der Waals surface area (Å²) in [6.45, 7) is 4.00. The van der Waals surface area contributed by atoms with Crippen molar-refractivity contribution in [3.05, 3.63) is 65.7 Å². The van der Waals surface area contributed by atoms with E-state index in [1.165, 1.54) is 5.69 Å². The Hall–Kier alpha value is -2.82. The number of amides is 1. The van der Waals surface area contributed by atoms with Crippen molar-refractivity contribution < 1.29 is 14.3 Å². The van der Waals surface area contributed by atoms with E-state index in [-0.39, 0.29) is 12.5 Å². The van der Waals surface area contributed by atoms with Gasteiger partial charge in [0, 0.05) is 30.3 Å². The summed E-state index contributed by atoms with van der Waals surface area (Å²) in [6.07, 6.45) is 0.998. The van der Waals surface area contributed by atoms with Gasteiger partial charge in [0.25, 0.3) is 5.91 Å². The zero-order valence-electron chi connectivity index (χ0n) is 15.0. The van der Waals surface area contributed by atoms with Gasteiger partial charge in [-0.05, 0) is 37.1 Å². The highest BCUT2D eigenvalue weighted by Crippen LogP contribution is 2.23. The van der Waals surface area contributed by atoms with Gasteiger partial charge >= 0.3 is 5.97 Å². The molecule has 0 aromatic heterocycles. The van der Waals surface area contributed by atoms with Gasteiger partial charge in [0.1, 0.15) is 6.54 Å². The maximum atomic E-state index is 12.1. The fraction of sp³-hybridized carbons (Fsp3) is 0.333. The normalized spacial score (nSPS) is 16.3. The van der Waals surface area contributed by atoms with Crippen LogP contribution in [0.25, 0.3) is 0 Å². The number of anilines is 1. The Balaban J connectivity index is 1.40. The van der Waals surface area contributed by atoms with Crippen LogP contribution in [0, 0.1) is 12.8 Å². The maximum absolute atomic E-state index is 12.1. The Kier molecular flexibility index (Phi) is 5.89. The second kappa shape index (κ2) is 8.52. The molecule has 2 aromatic carbocycles. The van der Waals surface area contributed by atoms with Gasteiger partial charge in [-0.2, -0.15) is 0 Å². The number of para-hydroxylation sites is 1. The van der Waals surface area contributed by atoms with Gasteiger partial charge in [-0.25, -0.2) is 0 Å². The van der Waals surface area contributed by atoms with Crippen molar-refractivity contribution in [3.8, 4) is 0 Å². The molecule has 0 bridgehead atoms. The Morgan fingerprint density at radius 1 is 1.12 bits per heavy atom. The Morgan fingerprint density at radius 3 is 2.62 bits per heavy atom. The summed E-state index contributed by atoms with van der Waals surface area (Å²) < 4.78 is 5.35. The smallest absolute Gasteiger partial charge is 0.325 e. The average Bonchev–Trinajstić information content (AvgIpc) is 3.14. The molecule has 0 unspecified atom stereocenters. The van der Waals surface area contributed by atoms with Crippen LogP contribution in [0.1, 0.15) is 22.3 Å². The van der Waals surface area contributed by atoms with E-state index in [2.05, 4.69) is 22.3 Å². The first-order chi connectivity index (χ1) is 12.6. The second-order valence-corrected chi connectivity index (χ2v) is 6.62.